The average Bonchev–Trinajstić information content (AvgIpc) is 3.76. The molecule has 5 nitrogen and oxygen atoms in total. The summed E-state index contributed by atoms with van der Waals surface area (Å²) in [5.74, 6) is 2.58. The second-order valence-corrected chi connectivity index (χ2v) is 15.9. The van der Waals surface area contributed by atoms with E-state index in [0.29, 0.717) is 17.5 Å². The summed E-state index contributed by atoms with van der Waals surface area (Å²) in [5.41, 5.74) is 8.50. The van der Waals surface area contributed by atoms with Crippen molar-refractivity contribution in [2.75, 3.05) is 0 Å². The van der Waals surface area contributed by atoms with E-state index in [-0.39, 0.29) is 5.41 Å². The van der Waals surface area contributed by atoms with Crippen molar-refractivity contribution in [2.24, 2.45) is 0 Å². The topological polar surface area (TPSA) is 56.5 Å². The molecule has 10 aromatic rings. The largest absolute Gasteiger partial charge is 0.293 e. The monoisotopic (exact) mass is 713 g/mol. The normalized spacial score (nSPS) is 12.0. The molecule has 0 atom stereocenters. The van der Waals surface area contributed by atoms with Crippen molar-refractivity contribution in [1.82, 2.24) is 24.5 Å². The van der Waals surface area contributed by atoms with Crippen LogP contribution in [0.4, 0.5) is 0 Å². The van der Waals surface area contributed by atoms with Gasteiger partial charge in [0.2, 0.25) is 0 Å². The van der Waals surface area contributed by atoms with Gasteiger partial charge in [-0.05, 0) is 70.6 Å². The van der Waals surface area contributed by atoms with E-state index in [1.807, 2.05) is 53.9 Å². The lowest BCUT2D eigenvalue weighted by molar-refractivity contribution is 0.590. The van der Waals surface area contributed by atoms with E-state index in [9.17, 15) is 0 Å². The Bertz CT molecular complexity index is 3020. The number of benzene rings is 6. The van der Waals surface area contributed by atoms with Gasteiger partial charge in [-0.15, -0.1) is 11.3 Å². The van der Waals surface area contributed by atoms with E-state index in [2.05, 4.69) is 141 Å². The highest BCUT2D eigenvalue weighted by Gasteiger charge is 2.21. The van der Waals surface area contributed by atoms with Crippen LogP contribution in [0.3, 0.4) is 0 Å². The first-order valence-electron chi connectivity index (χ1n) is 18.2. The molecule has 6 heteroatoms. The van der Waals surface area contributed by atoms with Crippen molar-refractivity contribution in [3.8, 4) is 51.1 Å². The summed E-state index contributed by atoms with van der Waals surface area (Å²) in [5, 5.41) is 4.92. The minimum Gasteiger partial charge on any atom is -0.293 e. The molecule has 0 unspecified atom stereocenters. The van der Waals surface area contributed by atoms with Crippen molar-refractivity contribution in [3.05, 3.63) is 163 Å². The van der Waals surface area contributed by atoms with Gasteiger partial charge in [0.15, 0.2) is 17.5 Å². The van der Waals surface area contributed by atoms with Gasteiger partial charge in [-0.25, -0.2) is 19.9 Å². The van der Waals surface area contributed by atoms with Gasteiger partial charge in [0, 0.05) is 48.3 Å². The summed E-state index contributed by atoms with van der Waals surface area (Å²) < 4.78 is 4.87. The lowest BCUT2D eigenvalue weighted by Gasteiger charge is -2.19. The number of thiophene rings is 1. The zero-order valence-corrected chi connectivity index (χ0v) is 31.0. The lowest BCUT2D eigenvalue weighted by Crippen LogP contribution is -2.10. The van der Waals surface area contributed by atoms with Gasteiger partial charge in [-0.2, -0.15) is 0 Å². The van der Waals surface area contributed by atoms with Gasteiger partial charge in [-0.3, -0.25) is 4.57 Å². The van der Waals surface area contributed by atoms with Crippen LogP contribution in [0.5, 0.6) is 0 Å². The van der Waals surface area contributed by atoms with Gasteiger partial charge in [0.1, 0.15) is 5.82 Å². The Labute approximate surface area is 317 Å². The van der Waals surface area contributed by atoms with Crippen LogP contribution in [-0.2, 0) is 5.41 Å². The number of pyridine rings is 1. The van der Waals surface area contributed by atoms with Crippen molar-refractivity contribution >= 4 is 53.3 Å². The highest BCUT2D eigenvalue weighted by molar-refractivity contribution is 7.25. The zero-order chi connectivity index (χ0) is 36.4. The number of hydrogen-bond donors (Lipinski definition) is 0. The molecule has 10 rings (SSSR count). The van der Waals surface area contributed by atoms with E-state index < -0.39 is 0 Å². The van der Waals surface area contributed by atoms with Crippen molar-refractivity contribution in [2.45, 2.75) is 26.2 Å². The summed E-state index contributed by atoms with van der Waals surface area (Å²) in [4.78, 5) is 20.3. The summed E-state index contributed by atoms with van der Waals surface area (Å²) in [6.45, 7) is 6.67. The van der Waals surface area contributed by atoms with Gasteiger partial charge in [-0.1, -0.05) is 124 Å². The number of para-hydroxylation sites is 1. The van der Waals surface area contributed by atoms with Crippen LogP contribution >= 0.6 is 11.3 Å². The Morgan fingerprint density at radius 3 is 1.83 bits per heavy atom. The molecule has 0 N–H and O–H groups in total. The van der Waals surface area contributed by atoms with E-state index in [4.69, 9.17) is 19.9 Å². The van der Waals surface area contributed by atoms with Crippen LogP contribution in [0.1, 0.15) is 26.3 Å². The fourth-order valence-corrected chi connectivity index (χ4v) is 8.58. The molecule has 0 spiro atoms. The second kappa shape index (κ2) is 12.6. The van der Waals surface area contributed by atoms with Crippen LogP contribution in [0.25, 0.3) is 93.1 Å². The SMILES string of the molecule is CC(C)(C)c1ccc(-c2nc(-c3ccccc3)nc(-c3cccnc3-n3c4ccccc4c4cc(-c5ccc6sc7ccccc7c6c5)ccc43)n2)cc1. The second-order valence-electron chi connectivity index (χ2n) is 14.8. The Balaban J connectivity index is 1.15. The minimum absolute atomic E-state index is 0.0399. The van der Waals surface area contributed by atoms with Crippen molar-refractivity contribution in [1.29, 1.82) is 0 Å². The van der Waals surface area contributed by atoms with Crippen LogP contribution in [-0.4, -0.2) is 24.5 Å². The Hall–Kier alpha value is -6.50. The van der Waals surface area contributed by atoms with E-state index in [1.54, 1.807) is 0 Å². The van der Waals surface area contributed by atoms with E-state index in [1.165, 1.54) is 36.9 Å². The lowest BCUT2D eigenvalue weighted by atomic mass is 9.87. The van der Waals surface area contributed by atoms with Gasteiger partial charge >= 0.3 is 0 Å². The standard InChI is InChI=1S/C48H35N5S/c1-48(2,3)34-23-19-31(20-24-34)45-50-44(30-12-5-4-6-13-30)51-46(52-45)37-16-11-27-49-47(37)53-40-17-9-7-14-35(40)38-28-32(21-25-41(38)53)33-22-26-43-39(29-33)36-15-8-10-18-42(36)54-43/h4-29H,1-3H3. The summed E-state index contributed by atoms with van der Waals surface area (Å²) in [6.07, 6.45) is 1.85. The van der Waals surface area contributed by atoms with Gasteiger partial charge < -0.3 is 0 Å². The first kappa shape index (κ1) is 32.2. The molecule has 0 aliphatic carbocycles. The maximum atomic E-state index is 5.14. The molecule has 4 aromatic heterocycles. The third kappa shape index (κ3) is 5.46. The smallest absolute Gasteiger partial charge is 0.167 e. The molecule has 0 bridgehead atoms. The maximum absolute atomic E-state index is 5.14. The molecule has 258 valence electrons. The summed E-state index contributed by atoms with van der Waals surface area (Å²) >= 11 is 1.85. The molecule has 0 amide bonds. The number of nitrogens with zero attached hydrogens (tertiary/aromatic N) is 5. The Morgan fingerprint density at radius 2 is 1.06 bits per heavy atom. The van der Waals surface area contributed by atoms with E-state index in [0.717, 1.165) is 44.3 Å². The molecule has 0 aliphatic heterocycles. The highest BCUT2D eigenvalue weighted by Crippen LogP contribution is 2.40. The van der Waals surface area contributed by atoms with Crippen molar-refractivity contribution in [3.63, 3.8) is 0 Å². The predicted octanol–water partition coefficient (Wildman–Crippen LogP) is 12.7. The molecule has 0 fully saturated rings. The third-order valence-corrected chi connectivity index (χ3v) is 11.5. The Kier molecular flexibility index (Phi) is 7.49. The number of rotatable bonds is 5. The fourth-order valence-electron chi connectivity index (χ4n) is 7.50. The van der Waals surface area contributed by atoms with Crippen LogP contribution < -0.4 is 0 Å². The molecule has 0 radical (unpaired) electrons. The summed E-state index contributed by atoms with van der Waals surface area (Å²) in [6, 6.07) is 53.6. The van der Waals surface area contributed by atoms with Crippen molar-refractivity contribution < 1.29 is 0 Å². The first-order chi connectivity index (χ1) is 26.4. The molecule has 54 heavy (non-hydrogen) atoms. The maximum Gasteiger partial charge on any atom is 0.167 e. The molecule has 4 heterocycles. The van der Waals surface area contributed by atoms with Gasteiger partial charge in [0.25, 0.3) is 0 Å². The number of fused-ring (bicyclic) bond motifs is 6. The Morgan fingerprint density at radius 1 is 0.463 bits per heavy atom. The summed E-state index contributed by atoms with van der Waals surface area (Å²) in [7, 11) is 0. The molecular formula is C48H35N5S. The quantitative estimate of drug-likeness (QED) is 0.178. The van der Waals surface area contributed by atoms with Crippen LogP contribution in [0.15, 0.2) is 158 Å². The molecule has 0 aliphatic rings. The van der Waals surface area contributed by atoms with Crippen LogP contribution in [0.2, 0.25) is 0 Å². The highest BCUT2D eigenvalue weighted by atomic mass is 32.1. The molecule has 6 aromatic carbocycles. The third-order valence-electron chi connectivity index (χ3n) is 10.3. The molecular weight excluding hydrogens is 679 g/mol. The minimum atomic E-state index is 0.0399. The fraction of sp³-hybridized carbons (Fsp3) is 0.0833. The average molecular weight is 714 g/mol. The van der Waals surface area contributed by atoms with Gasteiger partial charge in [0.05, 0.1) is 16.6 Å². The predicted molar refractivity (Wildman–Crippen MR) is 225 cm³/mol. The van der Waals surface area contributed by atoms with E-state index >= 15 is 0 Å². The zero-order valence-electron chi connectivity index (χ0n) is 30.2. The number of hydrogen-bond acceptors (Lipinski definition) is 5. The molecule has 0 saturated heterocycles. The first-order valence-corrected chi connectivity index (χ1v) is 19.0. The molecule has 0 saturated carbocycles. The van der Waals surface area contributed by atoms with Crippen LogP contribution in [0, 0.1) is 0 Å². The number of aromatic nitrogens is 5.